The number of anilines is 2. The van der Waals surface area contributed by atoms with E-state index in [-0.39, 0.29) is 0 Å². The Morgan fingerprint density at radius 3 is 2.21 bits per heavy atom. The molecule has 0 aliphatic carbocycles. The second-order valence-electron chi connectivity index (χ2n) is 4.14. The minimum atomic E-state index is -0.625. The Morgan fingerprint density at radius 1 is 0.789 bits per heavy atom. The van der Waals surface area contributed by atoms with Crippen molar-refractivity contribution in [1.29, 1.82) is 0 Å². The van der Waals surface area contributed by atoms with E-state index in [1.165, 1.54) is 12.1 Å². The van der Waals surface area contributed by atoms with Crippen molar-refractivity contribution in [2.45, 2.75) is 0 Å². The van der Waals surface area contributed by atoms with Gasteiger partial charge >= 0.3 is 0 Å². The number of fused-ring (bicyclic) bond motifs is 1. The number of hydrogen-bond donors (Lipinski definition) is 1. The highest BCUT2D eigenvalue weighted by Gasteiger charge is 2.11. The van der Waals surface area contributed by atoms with Crippen LogP contribution in [-0.4, -0.2) is 13.2 Å². The fraction of sp³-hybridized carbons (Fsp3) is 0.143. The minimum Gasteiger partial charge on any atom is -0.486 e. The second-order valence-corrected chi connectivity index (χ2v) is 4.14. The van der Waals surface area contributed by atoms with Gasteiger partial charge in [0.05, 0.1) is 0 Å². The summed E-state index contributed by atoms with van der Waals surface area (Å²) in [5, 5.41) is 2.92. The number of nitrogens with one attached hydrogen (secondary N) is 1. The Bertz CT molecular complexity index is 596. The number of halogens is 2. The van der Waals surface area contributed by atoms with E-state index < -0.39 is 11.6 Å². The molecule has 1 aliphatic rings. The van der Waals surface area contributed by atoms with Crippen molar-refractivity contribution < 1.29 is 18.3 Å². The molecule has 5 heteroatoms. The quantitative estimate of drug-likeness (QED) is 0.899. The average molecular weight is 263 g/mol. The highest BCUT2D eigenvalue weighted by molar-refractivity contribution is 5.63. The molecular weight excluding hydrogens is 252 g/mol. The van der Waals surface area contributed by atoms with Crippen LogP contribution in [0.25, 0.3) is 0 Å². The predicted octanol–water partition coefficient (Wildman–Crippen LogP) is 3.48. The van der Waals surface area contributed by atoms with Gasteiger partial charge < -0.3 is 14.8 Å². The van der Waals surface area contributed by atoms with Crippen molar-refractivity contribution >= 4 is 11.4 Å². The number of hydrogen-bond acceptors (Lipinski definition) is 3. The third-order valence-corrected chi connectivity index (χ3v) is 2.69. The van der Waals surface area contributed by atoms with Crippen LogP contribution in [0.4, 0.5) is 20.2 Å². The first-order valence-corrected chi connectivity index (χ1v) is 5.83. The molecule has 0 amide bonds. The lowest BCUT2D eigenvalue weighted by Crippen LogP contribution is -2.15. The summed E-state index contributed by atoms with van der Waals surface area (Å²) in [6, 6.07) is 8.52. The Balaban J connectivity index is 1.86. The predicted molar refractivity (Wildman–Crippen MR) is 67.1 cm³/mol. The van der Waals surface area contributed by atoms with Gasteiger partial charge in [-0.3, -0.25) is 0 Å². The fourth-order valence-electron chi connectivity index (χ4n) is 1.91. The fourth-order valence-corrected chi connectivity index (χ4v) is 1.91. The molecule has 1 aliphatic heterocycles. The van der Waals surface area contributed by atoms with E-state index in [0.29, 0.717) is 36.1 Å². The third-order valence-electron chi connectivity index (χ3n) is 2.69. The van der Waals surface area contributed by atoms with E-state index in [0.717, 1.165) is 6.07 Å². The van der Waals surface area contributed by atoms with E-state index in [9.17, 15) is 8.78 Å². The van der Waals surface area contributed by atoms with Crippen LogP contribution in [0.3, 0.4) is 0 Å². The molecule has 0 saturated heterocycles. The van der Waals surface area contributed by atoms with E-state index in [4.69, 9.17) is 9.47 Å². The van der Waals surface area contributed by atoms with Crippen LogP contribution in [0.2, 0.25) is 0 Å². The van der Waals surface area contributed by atoms with E-state index in [1.54, 1.807) is 18.2 Å². The molecule has 0 spiro atoms. The number of rotatable bonds is 2. The van der Waals surface area contributed by atoms with E-state index in [2.05, 4.69) is 5.32 Å². The van der Waals surface area contributed by atoms with Gasteiger partial charge in [0.2, 0.25) is 0 Å². The summed E-state index contributed by atoms with van der Waals surface area (Å²) in [6.45, 7) is 1.01. The van der Waals surface area contributed by atoms with Gasteiger partial charge in [-0.25, -0.2) is 8.78 Å². The topological polar surface area (TPSA) is 30.5 Å². The first kappa shape index (κ1) is 11.8. The average Bonchev–Trinajstić information content (AvgIpc) is 2.37. The zero-order valence-electron chi connectivity index (χ0n) is 9.95. The minimum absolute atomic E-state index is 0.342. The van der Waals surface area contributed by atoms with Crippen LogP contribution in [-0.2, 0) is 0 Å². The van der Waals surface area contributed by atoms with Gasteiger partial charge in [-0.05, 0) is 24.3 Å². The maximum Gasteiger partial charge on any atom is 0.163 e. The summed E-state index contributed by atoms with van der Waals surface area (Å²) in [5.41, 5.74) is 1.02. The first-order valence-electron chi connectivity index (χ1n) is 5.83. The Morgan fingerprint density at radius 2 is 1.47 bits per heavy atom. The van der Waals surface area contributed by atoms with Gasteiger partial charge in [0, 0.05) is 23.5 Å². The summed E-state index contributed by atoms with van der Waals surface area (Å²) in [6.07, 6.45) is 0. The molecule has 1 N–H and O–H groups in total. The highest BCUT2D eigenvalue weighted by Crippen LogP contribution is 2.33. The van der Waals surface area contributed by atoms with Crippen molar-refractivity contribution in [2.24, 2.45) is 0 Å². The van der Waals surface area contributed by atoms with Crippen LogP contribution in [0, 0.1) is 11.6 Å². The molecule has 98 valence electrons. The third kappa shape index (κ3) is 2.59. The molecular formula is C14H11F2NO2. The summed E-state index contributed by atoms with van der Waals surface area (Å²) in [5.74, 6) is 0.0374. The lowest BCUT2D eigenvalue weighted by atomic mass is 10.2. The largest absolute Gasteiger partial charge is 0.486 e. The Labute approximate surface area is 108 Å². The van der Waals surface area contributed by atoms with Crippen molar-refractivity contribution in [1.82, 2.24) is 0 Å². The normalized spacial score (nSPS) is 13.2. The standard InChI is InChI=1S/C14H11F2NO2/c15-9-5-10(16)7-12(6-9)17-11-1-2-13-14(8-11)19-4-3-18-13/h1-2,5-8,17H,3-4H2. The molecule has 0 bridgehead atoms. The van der Waals surface area contributed by atoms with Crippen LogP contribution in [0.1, 0.15) is 0 Å². The lowest BCUT2D eigenvalue weighted by molar-refractivity contribution is 0.171. The molecule has 0 radical (unpaired) electrons. The molecule has 3 rings (SSSR count). The monoisotopic (exact) mass is 263 g/mol. The molecule has 0 atom stereocenters. The van der Waals surface area contributed by atoms with Gasteiger partial charge in [-0.15, -0.1) is 0 Å². The van der Waals surface area contributed by atoms with E-state index >= 15 is 0 Å². The summed E-state index contributed by atoms with van der Waals surface area (Å²) in [7, 11) is 0. The Hall–Kier alpha value is -2.30. The van der Waals surface area contributed by atoms with Gasteiger partial charge in [-0.1, -0.05) is 0 Å². The maximum atomic E-state index is 13.1. The molecule has 0 aromatic heterocycles. The van der Waals surface area contributed by atoms with Crippen LogP contribution < -0.4 is 14.8 Å². The molecule has 1 heterocycles. The van der Waals surface area contributed by atoms with Crippen molar-refractivity contribution in [2.75, 3.05) is 18.5 Å². The van der Waals surface area contributed by atoms with Gasteiger partial charge in [0.15, 0.2) is 11.5 Å². The van der Waals surface area contributed by atoms with E-state index in [1.807, 2.05) is 0 Å². The maximum absolute atomic E-state index is 13.1. The lowest BCUT2D eigenvalue weighted by Gasteiger charge is -2.19. The van der Waals surface area contributed by atoms with Gasteiger partial charge in [0.1, 0.15) is 24.8 Å². The molecule has 0 saturated carbocycles. The molecule has 0 fully saturated rings. The van der Waals surface area contributed by atoms with Crippen LogP contribution >= 0.6 is 0 Å². The number of benzene rings is 2. The highest BCUT2D eigenvalue weighted by atomic mass is 19.1. The van der Waals surface area contributed by atoms with Crippen molar-refractivity contribution in [3.63, 3.8) is 0 Å². The van der Waals surface area contributed by atoms with Crippen LogP contribution in [0.15, 0.2) is 36.4 Å². The van der Waals surface area contributed by atoms with Gasteiger partial charge in [0.25, 0.3) is 0 Å². The zero-order chi connectivity index (χ0) is 13.2. The summed E-state index contributed by atoms with van der Waals surface area (Å²) >= 11 is 0. The number of ether oxygens (including phenoxy) is 2. The molecule has 2 aromatic rings. The van der Waals surface area contributed by atoms with Gasteiger partial charge in [-0.2, -0.15) is 0 Å². The molecule has 2 aromatic carbocycles. The summed E-state index contributed by atoms with van der Waals surface area (Å²) < 4.78 is 37.0. The van der Waals surface area contributed by atoms with Crippen molar-refractivity contribution in [3.05, 3.63) is 48.0 Å². The smallest absolute Gasteiger partial charge is 0.163 e. The van der Waals surface area contributed by atoms with Crippen LogP contribution in [0.5, 0.6) is 11.5 Å². The molecule has 3 nitrogen and oxygen atoms in total. The summed E-state index contributed by atoms with van der Waals surface area (Å²) in [4.78, 5) is 0. The molecule has 19 heavy (non-hydrogen) atoms. The first-order chi connectivity index (χ1) is 9.20. The molecule has 0 unspecified atom stereocenters. The SMILES string of the molecule is Fc1cc(F)cc(Nc2ccc3c(c2)OCCO3)c1. The zero-order valence-corrected chi connectivity index (χ0v) is 9.95. The van der Waals surface area contributed by atoms with Crippen molar-refractivity contribution in [3.8, 4) is 11.5 Å². The second kappa shape index (κ2) is 4.76. The Kier molecular flexibility index (Phi) is 2.95.